The molecule has 2 N–H and O–H groups in total. The molecule has 0 aromatic carbocycles. The fourth-order valence-electron chi connectivity index (χ4n) is 1.40. The van der Waals surface area contributed by atoms with E-state index < -0.39 is 6.80 Å². The van der Waals surface area contributed by atoms with E-state index in [1.54, 1.807) is 30.0 Å². The van der Waals surface area contributed by atoms with E-state index in [4.69, 9.17) is 10.1 Å². The van der Waals surface area contributed by atoms with Gasteiger partial charge in [0, 0.05) is 6.20 Å². The van der Waals surface area contributed by atoms with E-state index in [0.717, 1.165) is 0 Å². The van der Waals surface area contributed by atoms with Gasteiger partial charge in [-0.2, -0.15) is 0 Å². The maximum absolute atomic E-state index is 12.2. The third-order valence-corrected chi connectivity index (χ3v) is 2.22. The molecular weight excluding hydrogens is 197 g/mol. The molecule has 5 heteroatoms. The number of hydrogen-bond acceptors (Lipinski definition) is 3. The van der Waals surface area contributed by atoms with Crippen LogP contribution in [0.5, 0.6) is 5.75 Å². The minimum Gasteiger partial charge on any atom is -0.495 e. The van der Waals surface area contributed by atoms with E-state index >= 15 is 0 Å². The minimum absolute atomic E-state index is 0.211. The van der Waals surface area contributed by atoms with Gasteiger partial charge in [-0.15, -0.1) is 0 Å². The van der Waals surface area contributed by atoms with E-state index in [0.29, 0.717) is 17.7 Å². The van der Waals surface area contributed by atoms with Crippen LogP contribution in [0.4, 0.5) is 4.39 Å². The average molecular weight is 213 g/mol. The standard InChI is InChI=1S/C10H16FN3O/c1-3-10(13-7-11)14-6-8(15-2)4-5-9(14)12/h4-6,10,12-13H,3,7H2,1-2H3. The molecule has 1 unspecified atom stereocenters. The molecule has 1 heterocycles. The lowest BCUT2D eigenvalue weighted by Gasteiger charge is -2.19. The zero-order valence-electron chi connectivity index (χ0n) is 8.96. The van der Waals surface area contributed by atoms with Crippen LogP contribution in [0.15, 0.2) is 18.3 Å². The Morgan fingerprint density at radius 2 is 2.33 bits per heavy atom. The molecule has 0 amide bonds. The summed E-state index contributed by atoms with van der Waals surface area (Å²) in [5, 5.41) is 10.4. The Bertz CT molecular complexity index is 364. The highest BCUT2D eigenvalue weighted by molar-refractivity contribution is 5.16. The van der Waals surface area contributed by atoms with Crippen LogP contribution in [-0.4, -0.2) is 18.5 Å². The Labute approximate surface area is 88.2 Å². The molecule has 0 fully saturated rings. The summed E-state index contributed by atoms with van der Waals surface area (Å²) in [6.45, 7) is 1.32. The highest BCUT2D eigenvalue weighted by Gasteiger charge is 2.08. The monoisotopic (exact) mass is 213 g/mol. The Kier molecular flexibility index (Phi) is 4.30. The first-order chi connectivity index (χ1) is 7.22. The summed E-state index contributed by atoms with van der Waals surface area (Å²) in [5.41, 5.74) is 0.323. The van der Waals surface area contributed by atoms with Gasteiger partial charge in [-0.1, -0.05) is 6.92 Å². The van der Waals surface area contributed by atoms with Crippen molar-refractivity contribution >= 4 is 0 Å². The van der Waals surface area contributed by atoms with E-state index in [-0.39, 0.29) is 6.17 Å². The molecule has 1 aromatic rings. The van der Waals surface area contributed by atoms with Gasteiger partial charge in [0.2, 0.25) is 0 Å². The largest absolute Gasteiger partial charge is 0.495 e. The smallest absolute Gasteiger partial charge is 0.142 e. The van der Waals surface area contributed by atoms with Crippen molar-refractivity contribution in [2.24, 2.45) is 0 Å². The molecule has 0 bridgehead atoms. The molecule has 0 aliphatic carbocycles. The van der Waals surface area contributed by atoms with E-state index in [2.05, 4.69) is 5.32 Å². The fourth-order valence-corrected chi connectivity index (χ4v) is 1.40. The van der Waals surface area contributed by atoms with Crippen LogP contribution in [-0.2, 0) is 0 Å². The average Bonchev–Trinajstić information content (AvgIpc) is 2.27. The van der Waals surface area contributed by atoms with Crippen molar-refractivity contribution in [3.63, 3.8) is 0 Å². The fraction of sp³-hybridized carbons (Fsp3) is 0.500. The first kappa shape index (κ1) is 11.7. The molecule has 0 spiro atoms. The minimum atomic E-state index is -0.609. The first-order valence-electron chi connectivity index (χ1n) is 4.83. The number of nitrogens with zero attached hydrogens (tertiary/aromatic N) is 1. The molecule has 4 nitrogen and oxygen atoms in total. The van der Waals surface area contributed by atoms with Crippen LogP contribution < -0.4 is 15.5 Å². The summed E-state index contributed by atoms with van der Waals surface area (Å²) in [5.74, 6) is 0.658. The molecule has 1 aromatic heterocycles. The number of alkyl halides is 1. The van der Waals surface area contributed by atoms with Gasteiger partial charge in [0.05, 0.1) is 13.3 Å². The topological polar surface area (TPSA) is 50.0 Å². The van der Waals surface area contributed by atoms with Crippen molar-refractivity contribution in [2.75, 3.05) is 13.9 Å². The van der Waals surface area contributed by atoms with Gasteiger partial charge in [-0.3, -0.25) is 10.7 Å². The number of methoxy groups -OCH3 is 1. The highest BCUT2D eigenvalue weighted by atomic mass is 19.1. The lowest BCUT2D eigenvalue weighted by Crippen LogP contribution is -2.33. The van der Waals surface area contributed by atoms with Gasteiger partial charge >= 0.3 is 0 Å². The van der Waals surface area contributed by atoms with Crippen LogP contribution in [0.2, 0.25) is 0 Å². The molecule has 84 valence electrons. The summed E-state index contributed by atoms with van der Waals surface area (Å²) in [6, 6.07) is 3.34. The van der Waals surface area contributed by atoms with E-state index in [1.165, 1.54) is 0 Å². The number of hydrogen-bond donors (Lipinski definition) is 2. The molecule has 0 aliphatic heterocycles. The summed E-state index contributed by atoms with van der Waals surface area (Å²) in [6.07, 6.45) is 2.19. The van der Waals surface area contributed by atoms with Gasteiger partial charge < -0.3 is 9.30 Å². The zero-order valence-corrected chi connectivity index (χ0v) is 8.96. The van der Waals surface area contributed by atoms with Crippen LogP contribution in [0.1, 0.15) is 19.5 Å². The third kappa shape index (κ3) is 2.79. The van der Waals surface area contributed by atoms with Crippen LogP contribution in [0.3, 0.4) is 0 Å². The van der Waals surface area contributed by atoms with Crippen molar-refractivity contribution in [3.05, 3.63) is 23.8 Å². The number of pyridine rings is 1. The predicted octanol–water partition coefficient (Wildman–Crippen LogP) is 1.40. The lowest BCUT2D eigenvalue weighted by molar-refractivity contribution is 0.302. The predicted molar refractivity (Wildman–Crippen MR) is 55.3 cm³/mol. The zero-order chi connectivity index (χ0) is 11.3. The molecule has 0 aliphatic rings. The summed E-state index contributed by atoms with van der Waals surface area (Å²) in [7, 11) is 1.56. The van der Waals surface area contributed by atoms with Crippen molar-refractivity contribution in [3.8, 4) is 5.75 Å². The summed E-state index contributed by atoms with van der Waals surface area (Å²) in [4.78, 5) is 0. The van der Waals surface area contributed by atoms with Crippen molar-refractivity contribution in [1.82, 2.24) is 9.88 Å². The second kappa shape index (κ2) is 5.50. The maximum atomic E-state index is 12.2. The Hall–Kier alpha value is -1.36. The van der Waals surface area contributed by atoms with Crippen molar-refractivity contribution < 1.29 is 9.13 Å². The quantitative estimate of drug-likeness (QED) is 0.726. The van der Waals surface area contributed by atoms with Gasteiger partial charge in [0.15, 0.2) is 0 Å². The number of aromatic nitrogens is 1. The normalized spacial score (nSPS) is 12.5. The SMILES string of the molecule is CCC(NCF)n1cc(OC)ccc1=N. The highest BCUT2D eigenvalue weighted by Crippen LogP contribution is 2.10. The lowest BCUT2D eigenvalue weighted by atomic mass is 10.3. The molecule has 0 radical (unpaired) electrons. The molecule has 1 rings (SSSR count). The van der Waals surface area contributed by atoms with Crippen LogP contribution >= 0.6 is 0 Å². The Balaban J connectivity index is 3.04. The van der Waals surface area contributed by atoms with E-state index in [9.17, 15) is 4.39 Å². The summed E-state index contributed by atoms with van der Waals surface area (Å²) >= 11 is 0. The number of rotatable bonds is 5. The van der Waals surface area contributed by atoms with Gasteiger partial charge in [-0.25, -0.2) is 4.39 Å². The number of nitrogens with one attached hydrogen (secondary N) is 2. The summed E-state index contributed by atoms with van der Waals surface area (Å²) < 4.78 is 18.9. The Morgan fingerprint density at radius 1 is 1.60 bits per heavy atom. The van der Waals surface area contributed by atoms with Crippen molar-refractivity contribution in [1.29, 1.82) is 5.41 Å². The van der Waals surface area contributed by atoms with Gasteiger partial charge in [0.1, 0.15) is 18.0 Å². The first-order valence-corrected chi connectivity index (χ1v) is 4.83. The maximum Gasteiger partial charge on any atom is 0.142 e. The molecular formula is C10H16FN3O. The molecule has 15 heavy (non-hydrogen) atoms. The van der Waals surface area contributed by atoms with Gasteiger partial charge in [-0.05, 0) is 18.6 Å². The second-order valence-corrected chi connectivity index (χ2v) is 3.12. The third-order valence-electron chi connectivity index (χ3n) is 2.22. The van der Waals surface area contributed by atoms with E-state index in [1.807, 2.05) is 6.92 Å². The van der Waals surface area contributed by atoms with Crippen LogP contribution in [0, 0.1) is 5.41 Å². The number of ether oxygens (including phenoxy) is 1. The molecule has 0 saturated heterocycles. The van der Waals surface area contributed by atoms with Gasteiger partial charge in [0.25, 0.3) is 0 Å². The Morgan fingerprint density at radius 3 is 2.87 bits per heavy atom. The molecule has 1 atom stereocenters. The van der Waals surface area contributed by atoms with Crippen LogP contribution in [0.25, 0.3) is 0 Å². The van der Waals surface area contributed by atoms with Crippen molar-refractivity contribution in [2.45, 2.75) is 19.5 Å². The molecule has 0 saturated carbocycles. The number of halogens is 1. The second-order valence-electron chi connectivity index (χ2n) is 3.12.